The Hall–Kier alpha value is -1.32. The van der Waals surface area contributed by atoms with Crippen LogP contribution in [-0.2, 0) is 14.6 Å². The number of sulfone groups is 1. The Balaban J connectivity index is 2.30. The number of primary amides is 1. The van der Waals surface area contributed by atoms with Crippen molar-refractivity contribution in [3.8, 4) is 0 Å². The minimum Gasteiger partial charge on any atom is -0.396 e. The van der Waals surface area contributed by atoms with Gasteiger partial charge in [0.25, 0.3) is 5.91 Å². The van der Waals surface area contributed by atoms with Crippen LogP contribution in [0.2, 0.25) is 0 Å². The third-order valence-electron chi connectivity index (χ3n) is 3.07. The van der Waals surface area contributed by atoms with Crippen molar-refractivity contribution in [1.29, 1.82) is 0 Å². The van der Waals surface area contributed by atoms with E-state index in [2.05, 4.69) is 5.32 Å². The Morgan fingerprint density at radius 2 is 2.25 bits per heavy atom. The molecule has 20 heavy (non-hydrogen) atoms. The third-order valence-corrected chi connectivity index (χ3v) is 5.54. The number of thiophene rings is 1. The molecule has 9 heteroatoms. The van der Waals surface area contributed by atoms with Gasteiger partial charge in [0.2, 0.25) is 0 Å². The highest BCUT2D eigenvalue weighted by molar-refractivity contribution is 7.91. The number of anilines is 2. The molecule has 1 aliphatic rings. The molecule has 5 N–H and O–H groups in total. The first-order valence-electron chi connectivity index (χ1n) is 6.04. The molecule has 2 heterocycles. The van der Waals surface area contributed by atoms with Gasteiger partial charge in [-0.3, -0.25) is 4.79 Å². The largest absolute Gasteiger partial charge is 0.396 e. The van der Waals surface area contributed by atoms with Gasteiger partial charge >= 0.3 is 0 Å². The van der Waals surface area contributed by atoms with E-state index in [9.17, 15) is 13.2 Å². The quantitative estimate of drug-likeness (QED) is 0.716. The van der Waals surface area contributed by atoms with E-state index in [1.807, 2.05) is 0 Å². The highest BCUT2D eigenvalue weighted by atomic mass is 32.2. The summed E-state index contributed by atoms with van der Waals surface area (Å²) in [6.45, 7) is 1.93. The predicted molar refractivity (Wildman–Crippen MR) is 77.8 cm³/mol. The van der Waals surface area contributed by atoms with Gasteiger partial charge in [-0.1, -0.05) is 0 Å². The number of nitrogen functional groups attached to an aromatic ring is 1. The molecular weight excluding hydrogens is 302 g/mol. The molecule has 112 valence electrons. The van der Waals surface area contributed by atoms with Gasteiger partial charge in [0, 0.05) is 25.3 Å². The molecule has 1 amide bonds. The van der Waals surface area contributed by atoms with Crippen LogP contribution < -0.4 is 16.8 Å². The van der Waals surface area contributed by atoms with Crippen LogP contribution >= 0.6 is 11.3 Å². The molecule has 0 aromatic carbocycles. The number of nitrogens with one attached hydrogen (secondary N) is 1. The number of ether oxygens (including phenoxy) is 1. The van der Waals surface area contributed by atoms with Crippen molar-refractivity contribution in [2.75, 3.05) is 37.1 Å². The molecule has 1 saturated heterocycles. The summed E-state index contributed by atoms with van der Waals surface area (Å²) in [6, 6.07) is 0. The average Bonchev–Trinajstić information content (AvgIpc) is 2.92. The van der Waals surface area contributed by atoms with Crippen LogP contribution in [0.4, 0.5) is 10.7 Å². The number of hydrogen-bond donors (Lipinski definition) is 3. The summed E-state index contributed by atoms with van der Waals surface area (Å²) in [6.07, 6.45) is 1.98. The normalized spacial score (nSPS) is 19.1. The lowest BCUT2D eigenvalue weighted by Crippen LogP contribution is -2.15. The Bertz CT molecular complexity index is 618. The topological polar surface area (TPSA) is 125 Å². The first-order valence-corrected chi connectivity index (χ1v) is 8.75. The number of carbonyl (C=O) groups excluding carboxylic acids is 1. The highest BCUT2D eigenvalue weighted by Gasteiger charge is 2.26. The van der Waals surface area contributed by atoms with Gasteiger partial charge in [0.1, 0.15) is 14.8 Å². The van der Waals surface area contributed by atoms with Crippen LogP contribution in [0.5, 0.6) is 0 Å². The molecular formula is C11H17N3O4S2. The molecule has 0 saturated carbocycles. The molecule has 1 unspecified atom stereocenters. The van der Waals surface area contributed by atoms with Crippen molar-refractivity contribution in [1.82, 2.24) is 0 Å². The molecule has 0 radical (unpaired) electrons. The number of carbonyl (C=O) groups is 1. The Kier molecular flexibility index (Phi) is 4.21. The number of nitrogens with two attached hydrogens (primary N) is 2. The lowest BCUT2D eigenvalue weighted by Gasteiger charge is -2.10. The lowest BCUT2D eigenvalue weighted by molar-refractivity contribution is 0.100. The van der Waals surface area contributed by atoms with Crippen molar-refractivity contribution in [3.05, 3.63) is 4.88 Å². The second-order valence-electron chi connectivity index (χ2n) is 4.75. The van der Waals surface area contributed by atoms with E-state index < -0.39 is 15.7 Å². The Morgan fingerprint density at radius 3 is 2.75 bits per heavy atom. The van der Waals surface area contributed by atoms with Gasteiger partial charge in [-0.15, -0.1) is 11.3 Å². The van der Waals surface area contributed by atoms with Gasteiger partial charge in [-0.2, -0.15) is 0 Å². The molecule has 1 aromatic rings. The van der Waals surface area contributed by atoms with Gasteiger partial charge in [-0.05, 0) is 6.42 Å². The first-order chi connectivity index (χ1) is 9.30. The molecule has 1 fully saturated rings. The second kappa shape index (κ2) is 5.58. The Morgan fingerprint density at radius 1 is 1.55 bits per heavy atom. The number of rotatable bonds is 5. The maximum absolute atomic E-state index is 11.8. The zero-order chi connectivity index (χ0) is 14.9. The summed E-state index contributed by atoms with van der Waals surface area (Å²) in [4.78, 5) is 11.3. The molecule has 0 aliphatic carbocycles. The Labute approximate surface area is 121 Å². The van der Waals surface area contributed by atoms with E-state index in [1.54, 1.807) is 0 Å². The molecule has 7 nitrogen and oxygen atoms in total. The van der Waals surface area contributed by atoms with Crippen LogP contribution in [0.1, 0.15) is 16.1 Å². The van der Waals surface area contributed by atoms with E-state index in [4.69, 9.17) is 16.2 Å². The van der Waals surface area contributed by atoms with Crippen LogP contribution in [0.15, 0.2) is 4.90 Å². The van der Waals surface area contributed by atoms with Gasteiger partial charge < -0.3 is 21.5 Å². The van der Waals surface area contributed by atoms with Crippen LogP contribution in [-0.4, -0.2) is 40.3 Å². The fraction of sp³-hybridized carbons (Fsp3) is 0.545. The third kappa shape index (κ3) is 3.05. The van der Waals surface area contributed by atoms with E-state index >= 15 is 0 Å². The summed E-state index contributed by atoms with van der Waals surface area (Å²) < 4.78 is 28.9. The van der Waals surface area contributed by atoms with Crippen LogP contribution in [0, 0.1) is 5.92 Å². The smallest absolute Gasteiger partial charge is 0.261 e. The van der Waals surface area contributed by atoms with Gasteiger partial charge in [-0.25, -0.2) is 8.42 Å². The highest BCUT2D eigenvalue weighted by Crippen LogP contribution is 2.39. The van der Waals surface area contributed by atoms with Crippen molar-refractivity contribution in [3.63, 3.8) is 0 Å². The molecule has 0 spiro atoms. The second-order valence-corrected chi connectivity index (χ2v) is 7.72. The summed E-state index contributed by atoms with van der Waals surface area (Å²) in [5.74, 6) is -0.405. The van der Waals surface area contributed by atoms with E-state index in [1.165, 1.54) is 0 Å². The number of amides is 1. The minimum atomic E-state index is -3.54. The standard InChI is InChI=1S/C11H17N3O4S2/c1-20(16,17)9-7(12)8(10(13)15)19-11(9)14-4-6-2-3-18-5-6/h6,14H,2-5,12H2,1H3,(H2,13,15). The molecule has 1 atom stereocenters. The SMILES string of the molecule is CS(=O)(=O)c1c(NCC2CCOC2)sc(C(N)=O)c1N. The first kappa shape index (κ1) is 15.1. The summed E-state index contributed by atoms with van der Waals surface area (Å²) in [5, 5.41) is 3.42. The fourth-order valence-corrected chi connectivity index (χ4v) is 4.51. The monoisotopic (exact) mass is 319 g/mol. The van der Waals surface area contributed by atoms with Crippen LogP contribution in [0.25, 0.3) is 0 Å². The van der Waals surface area contributed by atoms with Crippen molar-refractivity contribution < 1.29 is 17.9 Å². The fourth-order valence-electron chi connectivity index (χ4n) is 2.08. The zero-order valence-corrected chi connectivity index (χ0v) is 12.6. The molecule has 2 rings (SSSR count). The summed E-state index contributed by atoms with van der Waals surface area (Å²) in [5.41, 5.74) is 10.9. The maximum atomic E-state index is 11.8. The minimum absolute atomic E-state index is 0.0461. The average molecular weight is 319 g/mol. The summed E-state index contributed by atoms with van der Waals surface area (Å²) >= 11 is 0.974. The number of hydrogen-bond acceptors (Lipinski definition) is 7. The summed E-state index contributed by atoms with van der Waals surface area (Å²) in [7, 11) is -3.54. The van der Waals surface area contributed by atoms with Crippen LogP contribution in [0.3, 0.4) is 0 Å². The predicted octanol–water partition coefficient (Wildman–Crippen LogP) is 0.281. The van der Waals surface area contributed by atoms with Gasteiger partial charge in [0.15, 0.2) is 9.84 Å². The van der Waals surface area contributed by atoms with Crippen molar-refractivity contribution in [2.45, 2.75) is 11.3 Å². The van der Waals surface area contributed by atoms with Crippen molar-refractivity contribution in [2.24, 2.45) is 11.7 Å². The van der Waals surface area contributed by atoms with E-state index in [0.717, 1.165) is 24.0 Å². The van der Waals surface area contributed by atoms with E-state index in [-0.39, 0.29) is 15.5 Å². The molecule has 0 bridgehead atoms. The molecule has 1 aliphatic heterocycles. The maximum Gasteiger partial charge on any atom is 0.261 e. The van der Waals surface area contributed by atoms with Crippen molar-refractivity contribution >= 4 is 37.8 Å². The lowest BCUT2D eigenvalue weighted by atomic mass is 10.1. The van der Waals surface area contributed by atoms with Gasteiger partial charge in [0.05, 0.1) is 12.3 Å². The molecule has 1 aromatic heterocycles. The van der Waals surface area contributed by atoms with E-state index in [0.29, 0.717) is 30.7 Å². The zero-order valence-electron chi connectivity index (χ0n) is 11.0.